The summed E-state index contributed by atoms with van der Waals surface area (Å²) in [7, 11) is 0. The van der Waals surface area contributed by atoms with Gasteiger partial charge in [0, 0.05) is 18.6 Å². The third-order valence-electron chi connectivity index (χ3n) is 3.79. The molecule has 0 aliphatic rings. The molecule has 11 nitrogen and oxygen atoms in total. The van der Waals surface area contributed by atoms with E-state index in [1.54, 1.807) is 0 Å². The number of oxime groups is 1. The number of aliphatic carboxylic acids is 2. The third kappa shape index (κ3) is 9.89. The maximum atomic E-state index is 12.3. The summed E-state index contributed by atoms with van der Waals surface area (Å²) in [6.45, 7) is -0.634. The molecule has 1 rings (SSSR count). The monoisotopic (exact) mass is 440 g/mol. The molecule has 0 fully saturated rings. The van der Waals surface area contributed by atoms with E-state index in [0.29, 0.717) is 11.5 Å². The number of amides is 2. The van der Waals surface area contributed by atoms with Gasteiger partial charge in [0.1, 0.15) is 23.7 Å². The number of hydrogen-bond donors (Lipinski definition) is 6. The molecule has 0 bridgehead atoms. The molecule has 12 heteroatoms. The fourth-order valence-electron chi connectivity index (χ4n) is 2.21. The molecule has 164 valence electrons. The summed E-state index contributed by atoms with van der Waals surface area (Å²) in [5, 5.41) is 34.8. The van der Waals surface area contributed by atoms with Crippen LogP contribution in [0.4, 0.5) is 0 Å². The Hall–Kier alpha value is -3.12. The number of carbonyl (C=O) groups excluding carboxylic acids is 2. The maximum Gasteiger partial charge on any atom is 0.322 e. The fourth-order valence-corrected chi connectivity index (χ4v) is 3.13. The van der Waals surface area contributed by atoms with Crippen LogP contribution < -0.4 is 16.4 Å². The van der Waals surface area contributed by atoms with Crippen LogP contribution in [0.2, 0.25) is 0 Å². The average Bonchev–Trinajstić information content (AvgIpc) is 2.72. The minimum absolute atomic E-state index is 0.0333. The molecule has 30 heavy (non-hydrogen) atoms. The Kier molecular flexibility index (Phi) is 10.9. The van der Waals surface area contributed by atoms with Crippen molar-refractivity contribution in [3.05, 3.63) is 35.9 Å². The highest BCUT2D eigenvalue weighted by Crippen LogP contribution is 2.13. The standard InChI is InChI=1S/C18H24N4O7S/c19-12(18(27)28)6-7-14(23)21-13(17(26)20-9-16(24)25)10-30-15(22-29)8-11-4-2-1-3-5-11/h1-5,12-13,29H,6-10,19H2,(H,20,26)(H,21,23)(H,24,25)(H,27,28)/b22-15-. The van der Waals surface area contributed by atoms with Crippen LogP contribution >= 0.6 is 11.8 Å². The molecular weight excluding hydrogens is 416 g/mol. The van der Waals surface area contributed by atoms with Crippen molar-refractivity contribution in [3.8, 4) is 0 Å². The summed E-state index contributed by atoms with van der Waals surface area (Å²) in [6.07, 6.45) is -0.0617. The number of nitrogens with one attached hydrogen (secondary N) is 2. The van der Waals surface area contributed by atoms with Gasteiger partial charge in [-0.25, -0.2) is 0 Å². The van der Waals surface area contributed by atoms with E-state index in [1.165, 1.54) is 0 Å². The first-order valence-electron chi connectivity index (χ1n) is 8.87. The summed E-state index contributed by atoms with van der Waals surface area (Å²) in [4.78, 5) is 45.8. The second-order valence-corrected chi connectivity index (χ2v) is 7.28. The SMILES string of the molecule is NC(CCC(=O)NC(CS/C(Cc1ccccc1)=N\O)C(=O)NCC(=O)O)C(=O)O. The number of nitrogens with two attached hydrogens (primary N) is 1. The summed E-state index contributed by atoms with van der Waals surface area (Å²) in [5.74, 6) is -3.89. The summed E-state index contributed by atoms with van der Waals surface area (Å²) in [6, 6.07) is 6.78. The van der Waals surface area contributed by atoms with E-state index >= 15 is 0 Å². The topological polar surface area (TPSA) is 191 Å². The highest BCUT2D eigenvalue weighted by molar-refractivity contribution is 8.14. The van der Waals surface area contributed by atoms with Gasteiger partial charge in [0.2, 0.25) is 11.8 Å². The first-order valence-corrected chi connectivity index (χ1v) is 9.86. The minimum atomic E-state index is -1.25. The Morgan fingerprint density at radius 1 is 1.13 bits per heavy atom. The molecule has 0 aromatic heterocycles. The number of carboxylic acid groups (broad SMARTS) is 2. The van der Waals surface area contributed by atoms with Crippen molar-refractivity contribution in [2.45, 2.75) is 31.3 Å². The Bertz CT molecular complexity index is 773. The van der Waals surface area contributed by atoms with Gasteiger partial charge in [-0.15, -0.1) is 11.8 Å². The Labute approximate surface area is 176 Å². The number of benzene rings is 1. The van der Waals surface area contributed by atoms with Gasteiger partial charge in [-0.3, -0.25) is 19.2 Å². The molecule has 0 spiro atoms. The van der Waals surface area contributed by atoms with Crippen LogP contribution in [0.1, 0.15) is 18.4 Å². The Morgan fingerprint density at radius 3 is 2.37 bits per heavy atom. The molecule has 0 saturated heterocycles. The van der Waals surface area contributed by atoms with Crippen LogP contribution in [-0.4, -0.2) is 68.6 Å². The van der Waals surface area contributed by atoms with Gasteiger partial charge < -0.3 is 31.8 Å². The minimum Gasteiger partial charge on any atom is -0.480 e. The lowest BCUT2D eigenvalue weighted by Gasteiger charge is -2.18. The molecule has 0 aliphatic carbocycles. The van der Waals surface area contributed by atoms with E-state index in [-0.39, 0.29) is 18.6 Å². The first kappa shape index (κ1) is 24.9. The highest BCUT2D eigenvalue weighted by atomic mass is 32.2. The highest BCUT2D eigenvalue weighted by Gasteiger charge is 2.23. The van der Waals surface area contributed by atoms with Crippen LogP contribution in [-0.2, 0) is 25.6 Å². The number of thioether (sulfide) groups is 1. The quantitative estimate of drug-likeness (QED) is 0.109. The zero-order valence-corrected chi connectivity index (χ0v) is 16.8. The molecule has 1 aromatic carbocycles. The fraction of sp³-hybridized carbons (Fsp3) is 0.389. The van der Waals surface area contributed by atoms with E-state index in [4.69, 9.17) is 15.9 Å². The van der Waals surface area contributed by atoms with E-state index < -0.39 is 42.4 Å². The third-order valence-corrected chi connectivity index (χ3v) is 4.85. The van der Waals surface area contributed by atoms with E-state index in [1.807, 2.05) is 30.3 Å². The van der Waals surface area contributed by atoms with Gasteiger partial charge in [-0.2, -0.15) is 0 Å². The second-order valence-electron chi connectivity index (χ2n) is 6.18. The van der Waals surface area contributed by atoms with Crippen LogP contribution in [0.5, 0.6) is 0 Å². The van der Waals surface area contributed by atoms with Crippen molar-refractivity contribution in [2.24, 2.45) is 10.9 Å². The predicted molar refractivity (Wildman–Crippen MR) is 109 cm³/mol. The average molecular weight is 440 g/mol. The molecule has 0 radical (unpaired) electrons. The van der Waals surface area contributed by atoms with E-state index in [0.717, 1.165) is 17.3 Å². The molecule has 0 saturated carbocycles. The number of hydrogen-bond acceptors (Lipinski definition) is 8. The number of rotatable bonds is 12. The zero-order valence-electron chi connectivity index (χ0n) is 16.0. The van der Waals surface area contributed by atoms with Crippen LogP contribution in [0.25, 0.3) is 0 Å². The largest absolute Gasteiger partial charge is 0.480 e. The van der Waals surface area contributed by atoms with Gasteiger partial charge in [-0.05, 0) is 12.0 Å². The van der Waals surface area contributed by atoms with Gasteiger partial charge in [-0.1, -0.05) is 35.5 Å². The van der Waals surface area contributed by atoms with Crippen molar-refractivity contribution in [1.29, 1.82) is 0 Å². The maximum absolute atomic E-state index is 12.3. The molecule has 0 heterocycles. The van der Waals surface area contributed by atoms with Crippen molar-refractivity contribution >= 4 is 40.6 Å². The zero-order chi connectivity index (χ0) is 22.5. The second kappa shape index (κ2) is 13.2. The molecule has 2 unspecified atom stereocenters. The first-order chi connectivity index (χ1) is 14.2. The van der Waals surface area contributed by atoms with Gasteiger partial charge in [0.15, 0.2) is 0 Å². The molecule has 2 amide bonds. The Balaban J connectivity index is 2.71. The molecule has 0 aliphatic heterocycles. The number of carboxylic acids is 2. The summed E-state index contributed by atoms with van der Waals surface area (Å²) in [5.41, 5.74) is 6.23. The molecule has 2 atom stereocenters. The van der Waals surface area contributed by atoms with Gasteiger partial charge in [0.25, 0.3) is 0 Å². The van der Waals surface area contributed by atoms with Gasteiger partial charge in [0.05, 0.1) is 0 Å². The molecular formula is C18H24N4O7S. The van der Waals surface area contributed by atoms with Crippen LogP contribution in [0.3, 0.4) is 0 Å². The van der Waals surface area contributed by atoms with Crippen LogP contribution in [0, 0.1) is 0 Å². The number of carbonyl (C=O) groups is 4. The Morgan fingerprint density at radius 2 is 1.80 bits per heavy atom. The van der Waals surface area contributed by atoms with Crippen molar-refractivity contribution < 1.29 is 34.6 Å². The van der Waals surface area contributed by atoms with Gasteiger partial charge >= 0.3 is 11.9 Å². The lowest BCUT2D eigenvalue weighted by molar-refractivity contribution is -0.139. The van der Waals surface area contributed by atoms with Crippen LogP contribution in [0.15, 0.2) is 35.5 Å². The van der Waals surface area contributed by atoms with E-state index in [2.05, 4.69) is 15.8 Å². The summed E-state index contributed by atoms with van der Waals surface area (Å²) < 4.78 is 0. The molecule has 1 aromatic rings. The predicted octanol–water partition coefficient (Wildman–Crippen LogP) is -0.372. The smallest absolute Gasteiger partial charge is 0.322 e. The lowest BCUT2D eigenvalue weighted by Crippen LogP contribution is -2.49. The van der Waals surface area contributed by atoms with Crippen molar-refractivity contribution in [2.75, 3.05) is 12.3 Å². The summed E-state index contributed by atoms with van der Waals surface area (Å²) >= 11 is 1.02. The number of nitrogens with zero attached hydrogens (tertiary/aromatic N) is 1. The normalized spacial score (nSPS) is 13.2. The van der Waals surface area contributed by atoms with E-state index in [9.17, 15) is 24.4 Å². The molecule has 7 N–H and O–H groups in total. The van der Waals surface area contributed by atoms with Crippen molar-refractivity contribution in [3.63, 3.8) is 0 Å². The lowest BCUT2D eigenvalue weighted by atomic mass is 10.1. The van der Waals surface area contributed by atoms with Crippen molar-refractivity contribution in [1.82, 2.24) is 10.6 Å².